The number of benzene rings is 1. The summed E-state index contributed by atoms with van der Waals surface area (Å²) in [6.07, 6.45) is 0. The zero-order valence-electron chi connectivity index (χ0n) is 8.84. The van der Waals surface area contributed by atoms with Gasteiger partial charge in [-0.05, 0) is 63.6 Å². The minimum atomic E-state index is 0.499. The molecule has 0 radical (unpaired) electrons. The molecule has 0 atom stereocenters. The van der Waals surface area contributed by atoms with Crippen LogP contribution in [0.15, 0.2) is 22.7 Å². The van der Waals surface area contributed by atoms with Crippen molar-refractivity contribution >= 4 is 55.9 Å². The number of anilines is 1. The van der Waals surface area contributed by atoms with E-state index in [0.717, 1.165) is 19.3 Å². The summed E-state index contributed by atoms with van der Waals surface area (Å²) in [4.78, 5) is 8.68. The van der Waals surface area contributed by atoms with Crippen LogP contribution in [0.25, 0.3) is 11.4 Å². The average Bonchev–Trinajstić information content (AvgIpc) is 2.29. The largest absolute Gasteiger partial charge is 0.383 e. The summed E-state index contributed by atoms with van der Waals surface area (Å²) in [7, 11) is 0. The summed E-state index contributed by atoms with van der Waals surface area (Å²) in [5.74, 6) is 1.11. The van der Waals surface area contributed by atoms with E-state index in [2.05, 4.69) is 48.5 Å². The molecule has 88 valence electrons. The molecule has 0 saturated carbocycles. The first-order chi connectivity index (χ1) is 7.99. The Morgan fingerprint density at radius 3 is 2.65 bits per heavy atom. The number of hydrogen-bond donors (Lipinski definition) is 1. The van der Waals surface area contributed by atoms with Crippen molar-refractivity contribution in [1.82, 2.24) is 9.97 Å². The van der Waals surface area contributed by atoms with E-state index in [0.29, 0.717) is 16.7 Å². The van der Waals surface area contributed by atoms with Gasteiger partial charge in [-0.15, -0.1) is 0 Å². The lowest BCUT2D eigenvalue weighted by Crippen LogP contribution is -2.02. The first-order valence-corrected chi connectivity index (χ1v) is 6.99. The number of aromatic nitrogens is 2. The van der Waals surface area contributed by atoms with Crippen LogP contribution in [0.1, 0.15) is 5.69 Å². The van der Waals surface area contributed by atoms with Crippen molar-refractivity contribution in [2.75, 3.05) is 5.73 Å². The lowest BCUT2D eigenvalue weighted by molar-refractivity contribution is 1.10. The predicted molar refractivity (Wildman–Crippen MR) is 82.0 cm³/mol. The van der Waals surface area contributed by atoms with E-state index in [1.54, 1.807) is 6.07 Å². The molecule has 1 heterocycles. The number of hydrogen-bond acceptors (Lipinski definition) is 3. The zero-order valence-corrected chi connectivity index (χ0v) is 13.3. The van der Waals surface area contributed by atoms with Crippen LogP contribution < -0.4 is 5.73 Å². The SMILES string of the molecule is Cc1nc(-c2ccc(Cl)c(Br)c2)nc(N)c1I. The highest BCUT2D eigenvalue weighted by molar-refractivity contribution is 14.1. The van der Waals surface area contributed by atoms with Gasteiger partial charge in [-0.1, -0.05) is 11.6 Å². The van der Waals surface area contributed by atoms with E-state index in [-0.39, 0.29) is 0 Å². The molecule has 2 N–H and O–H groups in total. The van der Waals surface area contributed by atoms with Gasteiger partial charge >= 0.3 is 0 Å². The minimum Gasteiger partial charge on any atom is -0.383 e. The maximum atomic E-state index is 5.94. The topological polar surface area (TPSA) is 51.8 Å². The Bertz CT molecular complexity index is 566. The van der Waals surface area contributed by atoms with Crippen LogP contribution in [-0.2, 0) is 0 Å². The predicted octanol–water partition coefficient (Wildman–Crippen LogP) is 4.05. The van der Waals surface area contributed by atoms with Gasteiger partial charge in [0.25, 0.3) is 0 Å². The van der Waals surface area contributed by atoms with Crippen LogP contribution in [-0.4, -0.2) is 9.97 Å². The summed E-state index contributed by atoms with van der Waals surface area (Å²) in [5.41, 5.74) is 7.59. The molecular formula is C11H8BrClIN3. The Morgan fingerprint density at radius 2 is 2.06 bits per heavy atom. The molecular weight excluding hydrogens is 416 g/mol. The van der Waals surface area contributed by atoms with Gasteiger partial charge in [0.2, 0.25) is 0 Å². The number of halogens is 3. The Labute approximate surface area is 126 Å². The second-order valence-electron chi connectivity index (χ2n) is 3.46. The summed E-state index contributed by atoms with van der Waals surface area (Å²) in [6, 6.07) is 5.55. The van der Waals surface area contributed by atoms with E-state index >= 15 is 0 Å². The number of aryl methyl sites for hydroxylation is 1. The fourth-order valence-corrected chi connectivity index (χ4v) is 2.08. The summed E-state index contributed by atoms with van der Waals surface area (Å²) in [5, 5.41) is 0.656. The Balaban J connectivity index is 2.57. The normalized spacial score (nSPS) is 10.6. The highest BCUT2D eigenvalue weighted by Crippen LogP contribution is 2.28. The van der Waals surface area contributed by atoms with Crippen molar-refractivity contribution in [3.8, 4) is 11.4 Å². The maximum Gasteiger partial charge on any atom is 0.161 e. The fraction of sp³-hybridized carbons (Fsp3) is 0.0909. The summed E-state index contributed by atoms with van der Waals surface area (Å²) in [6.45, 7) is 1.91. The number of nitrogens with zero attached hydrogens (tertiary/aromatic N) is 2. The summed E-state index contributed by atoms with van der Waals surface area (Å²) < 4.78 is 1.70. The Morgan fingerprint density at radius 1 is 1.35 bits per heavy atom. The van der Waals surface area contributed by atoms with E-state index in [1.807, 2.05) is 19.1 Å². The third kappa shape index (κ3) is 2.71. The van der Waals surface area contributed by atoms with Gasteiger partial charge < -0.3 is 5.73 Å². The number of nitrogens with two attached hydrogens (primary N) is 1. The van der Waals surface area contributed by atoms with Crippen molar-refractivity contribution in [3.05, 3.63) is 37.0 Å². The molecule has 17 heavy (non-hydrogen) atoms. The minimum absolute atomic E-state index is 0.499. The molecule has 0 amide bonds. The molecule has 0 saturated heterocycles. The van der Waals surface area contributed by atoms with Gasteiger partial charge in [-0.25, -0.2) is 9.97 Å². The second kappa shape index (κ2) is 5.07. The van der Waals surface area contributed by atoms with Crippen LogP contribution in [0.2, 0.25) is 5.02 Å². The van der Waals surface area contributed by atoms with Crippen molar-refractivity contribution in [3.63, 3.8) is 0 Å². The van der Waals surface area contributed by atoms with Gasteiger partial charge in [0.05, 0.1) is 14.3 Å². The monoisotopic (exact) mass is 423 g/mol. The van der Waals surface area contributed by atoms with Crippen molar-refractivity contribution < 1.29 is 0 Å². The summed E-state index contributed by atoms with van der Waals surface area (Å²) >= 11 is 11.5. The highest BCUT2D eigenvalue weighted by Gasteiger charge is 2.09. The molecule has 2 rings (SSSR count). The maximum absolute atomic E-state index is 5.94. The van der Waals surface area contributed by atoms with Crippen molar-refractivity contribution in [1.29, 1.82) is 0 Å². The van der Waals surface area contributed by atoms with Gasteiger partial charge in [-0.3, -0.25) is 0 Å². The van der Waals surface area contributed by atoms with Crippen LogP contribution >= 0.6 is 50.1 Å². The molecule has 1 aromatic heterocycles. The number of nitrogen functional groups attached to an aromatic ring is 1. The van der Waals surface area contributed by atoms with Gasteiger partial charge in [-0.2, -0.15) is 0 Å². The molecule has 0 aliphatic carbocycles. The molecule has 0 unspecified atom stereocenters. The molecule has 2 aromatic rings. The number of rotatable bonds is 1. The molecule has 3 nitrogen and oxygen atoms in total. The molecule has 0 bridgehead atoms. The van der Waals surface area contributed by atoms with Crippen LogP contribution in [0.4, 0.5) is 5.82 Å². The molecule has 6 heteroatoms. The lowest BCUT2D eigenvalue weighted by Gasteiger charge is -2.06. The van der Waals surface area contributed by atoms with Crippen molar-refractivity contribution in [2.24, 2.45) is 0 Å². The Kier molecular flexibility index (Phi) is 3.89. The highest BCUT2D eigenvalue weighted by atomic mass is 127. The smallest absolute Gasteiger partial charge is 0.161 e. The van der Waals surface area contributed by atoms with E-state index in [4.69, 9.17) is 17.3 Å². The second-order valence-corrected chi connectivity index (χ2v) is 5.80. The first-order valence-electron chi connectivity index (χ1n) is 4.74. The van der Waals surface area contributed by atoms with Crippen LogP contribution in [0.5, 0.6) is 0 Å². The van der Waals surface area contributed by atoms with Gasteiger partial charge in [0.1, 0.15) is 5.82 Å². The fourth-order valence-electron chi connectivity index (χ4n) is 1.35. The van der Waals surface area contributed by atoms with E-state index in [9.17, 15) is 0 Å². The van der Waals surface area contributed by atoms with E-state index in [1.165, 1.54) is 0 Å². The molecule has 0 aliphatic heterocycles. The van der Waals surface area contributed by atoms with E-state index < -0.39 is 0 Å². The zero-order chi connectivity index (χ0) is 12.6. The molecule has 0 aliphatic rings. The van der Waals surface area contributed by atoms with Crippen molar-refractivity contribution in [2.45, 2.75) is 6.92 Å². The molecule has 0 spiro atoms. The third-order valence-corrected chi connectivity index (χ3v) is 4.77. The van der Waals surface area contributed by atoms with Crippen LogP contribution in [0.3, 0.4) is 0 Å². The first kappa shape index (κ1) is 13.0. The van der Waals surface area contributed by atoms with Gasteiger partial charge in [0.15, 0.2) is 5.82 Å². The van der Waals surface area contributed by atoms with Gasteiger partial charge in [0, 0.05) is 10.0 Å². The van der Waals surface area contributed by atoms with Crippen LogP contribution in [0, 0.1) is 10.5 Å². The molecule has 0 fully saturated rings. The average molecular weight is 424 g/mol. The lowest BCUT2D eigenvalue weighted by atomic mass is 10.2. The molecule has 1 aromatic carbocycles. The quantitative estimate of drug-likeness (QED) is 0.703. The Hall–Kier alpha value is -0.400. The third-order valence-electron chi connectivity index (χ3n) is 2.22. The standard InChI is InChI=1S/C11H8BrClIN3/c1-5-9(14)10(15)17-11(16-5)6-2-3-8(13)7(12)4-6/h2-4H,1H3,(H2,15,16,17).